The van der Waals surface area contributed by atoms with Crippen molar-refractivity contribution in [2.75, 3.05) is 26.4 Å². The topological polar surface area (TPSA) is 61.7 Å². The largest absolute Gasteiger partial charge is 0.394 e. The molecule has 1 atom stereocenters. The number of hydrogen-bond donors (Lipinski definition) is 3. The summed E-state index contributed by atoms with van der Waals surface area (Å²) in [5, 5.41) is 21.1. The molecule has 78 valence electrons. The Balaban J connectivity index is 2.24. The van der Waals surface area contributed by atoms with Gasteiger partial charge >= 0.3 is 0 Å². The number of aliphatic hydroxyl groups is 2. The minimum atomic E-state index is -0.653. The van der Waals surface area contributed by atoms with Gasteiger partial charge in [-0.2, -0.15) is 0 Å². The van der Waals surface area contributed by atoms with E-state index in [0.717, 1.165) is 26.1 Å². The van der Waals surface area contributed by atoms with E-state index >= 15 is 0 Å². The van der Waals surface area contributed by atoms with Crippen molar-refractivity contribution in [3.63, 3.8) is 0 Å². The predicted octanol–water partition coefficient (Wildman–Crippen LogP) is -0.502. The highest BCUT2D eigenvalue weighted by molar-refractivity contribution is 4.85. The number of nitrogens with one attached hydrogen (secondary N) is 1. The van der Waals surface area contributed by atoms with E-state index in [-0.39, 0.29) is 12.1 Å². The van der Waals surface area contributed by atoms with Gasteiger partial charge in [-0.15, -0.1) is 0 Å². The van der Waals surface area contributed by atoms with E-state index in [0.29, 0.717) is 6.54 Å². The Morgan fingerprint density at radius 1 is 1.46 bits per heavy atom. The van der Waals surface area contributed by atoms with Crippen molar-refractivity contribution in [1.82, 2.24) is 5.32 Å². The smallest absolute Gasteiger partial charge is 0.0895 e. The second-order valence-corrected chi connectivity index (χ2v) is 3.89. The van der Waals surface area contributed by atoms with E-state index in [4.69, 9.17) is 14.9 Å². The first-order chi connectivity index (χ1) is 6.16. The summed E-state index contributed by atoms with van der Waals surface area (Å²) in [7, 11) is 0. The molecule has 0 spiro atoms. The van der Waals surface area contributed by atoms with Gasteiger partial charge in [0.05, 0.1) is 12.7 Å². The van der Waals surface area contributed by atoms with Gasteiger partial charge < -0.3 is 20.3 Å². The molecule has 0 radical (unpaired) electrons. The van der Waals surface area contributed by atoms with E-state index in [1.54, 1.807) is 0 Å². The highest BCUT2D eigenvalue weighted by atomic mass is 16.5. The number of aliphatic hydroxyl groups excluding tert-OH is 2. The van der Waals surface area contributed by atoms with Gasteiger partial charge in [0, 0.05) is 25.3 Å². The molecular formula is C9H19NO3. The SMILES string of the molecule is CC1(NC[C@H](O)CO)CCOCC1. The van der Waals surface area contributed by atoms with Crippen LogP contribution in [0.4, 0.5) is 0 Å². The maximum Gasteiger partial charge on any atom is 0.0895 e. The first-order valence-corrected chi connectivity index (χ1v) is 4.78. The van der Waals surface area contributed by atoms with Gasteiger partial charge in [0.2, 0.25) is 0 Å². The number of hydrogen-bond acceptors (Lipinski definition) is 4. The molecule has 1 aliphatic heterocycles. The van der Waals surface area contributed by atoms with Gasteiger partial charge in [-0.25, -0.2) is 0 Å². The van der Waals surface area contributed by atoms with Crippen LogP contribution in [0.2, 0.25) is 0 Å². The minimum absolute atomic E-state index is 0.0639. The van der Waals surface area contributed by atoms with Crippen molar-refractivity contribution in [1.29, 1.82) is 0 Å². The zero-order valence-corrected chi connectivity index (χ0v) is 8.12. The lowest BCUT2D eigenvalue weighted by Gasteiger charge is -2.35. The lowest BCUT2D eigenvalue weighted by Crippen LogP contribution is -2.49. The van der Waals surface area contributed by atoms with Crippen LogP contribution >= 0.6 is 0 Å². The quantitative estimate of drug-likeness (QED) is 0.558. The summed E-state index contributed by atoms with van der Waals surface area (Å²) in [5.74, 6) is 0. The summed E-state index contributed by atoms with van der Waals surface area (Å²) in [4.78, 5) is 0. The molecule has 1 saturated heterocycles. The normalized spacial score (nSPS) is 24.2. The van der Waals surface area contributed by atoms with Crippen molar-refractivity contribution in [2.24, 2.45) is 0 Å². The predicted molar refractivity (Wildman–Crippen MR) is 49.6 cm³/mol. The van der Waals surface area contributed by atoms with E-state index in [1.807, 2.05) is 0 Å². The van der Waals surface area contributed by atoms with Crippen LogP contribution in [0.3, 0.4) is 0 Å². The van der Waals surface area contributed by atoms with Crippen LogP contribution in [-0.2, 0) is 4.74 Å². The molecule has 0 amide bonds. The van der Waals surface area contributed by atoms with Crippen LogP contribution < -0.4 is 5.32 Å². The second-order valence-electron chi connectivity index (χ2n) is 3.89. The lowest BCUT2D eigenvalue weighted by molar-refractivity contribution is 0.0326. The monoisotopic (exact) mass is 189 g/mol. The van der Waals surface area contributed by atoms with Gasteiger partial charge in [0.25, 0.3) is 0 Å². The minimum Gasteiger partial charge on any atom is -0.394 e. The Hall–Kier alpha value is -0.160. The average Bonchev–Trinajstić information content (AvgIpc) is 2.15. The molecule has 0 unspecified atom stereocenters. The zero-order valence-electron chi connectivity index (χ0n) is 8.12. The van der Waals surface area contributed by atoms with Crippen LogP contribution in [0.15, 0.2) is 0 Å². The highest BCUT2D eigenvalue weighted by Crippen LogP contribution is 2.19. The summed E-state index contributed by atoms with van der Waals surface area (Å²) >= 11 is 0. The molecule has 0 aromatic heterocycles. The number of β-amino-alcohol motifs (C(OH)–C–C–N with tert-alkyl or cyclic N) is 1. The first kappa shape index (κ1) is 10.9. The Morgan fingerprint density at radius 3 is 2.62 bits per heavy atom. The van der Waals surface area contributed by atoms with E-state index in [1.165, 1.54) is 0 Å². The maximum absolute atomic E-state index is 9.16. The third kappa shape index (κ3) is 3.60. The molecule has 1 aliphatic rings. The molecule has 0 aliphatic carbocycles. The fourth-order valence-corrected chi connectivity index (χ4v) is 1.43. The Bertz CT molecular complexity index is 146. The van der Waals surface area contributed by atoms with Gasteiger partial charge in [0.1, 0.15) is 0 Å². The molecule has 1 heterocycles. The van der Waals surface area contributed by atoms with Crippen LogP contribution in [-0.4, -0.2) is 48.2 Å². The molecular weight excluding hydrogens is 170 g/mol. The Morgan fingerprint density at radius 2 is 2.08 bits per heavy atom. The molecule has 0 aromatic rings. The summed E-state index contributed by atoms with van der Waals surface area (Å²) in [6.07, 6.45) is 1.27. The second kappa shape index (κ2) is 4.91. The average molecular weight is 189 g/mol. The highest BCUT2D eigenvalue weighted by Gasteiger charge is 2.26. The van der Waals surface area contributed by atoms with Crippen LogP contribution in [0.25, 0.3) is 0 Å². The summed E-state index contributed by atoms with van der Waals surface area (Å²) < 4.78 is 5.25. The van der Waals surface area contributed by atoms with Crippen LogP contribution in [0.5, 0.6) is 0 Å². The van der Waals surface area contributed by atoms with Crippen LogP contribution in [0.1, 0.15) is 19.8 Å². The number of rotatable bonds is 4. The molecule has 3 N–H and O–H groups in total. The molecule has 1 rings (SSSR count). The molecule has 13 heavy (non-hydrogen) atoms. The fraction of sp³-hybridized carbons (Fsp3) is 1.00. The summed E-state index contributed by atoms with van der Waals surface area (Å²) in [5.41, 5.74) is 0.0639. The first-order valence-electron chi connectivity index (χ1n) is 4.78. The standard InChI is InChI=1S/C9H19NO3/c1-9(2-4-13-5-3-9)10-6-8(12)7-11/h8,10-12H,2-7H2,1H3/t8-/m0/s1. The van der Waals surface area contributed by atoms with Gasteiger partial charge in [-0.1, -0.05) is 0 Å². The lowest BCUT2D eigenvalue weighted by atomic mass is 9.92. The molecule has 0 bridgehead atoms. The van der Waals surface area contributed by atoms with Crippen molar-refractivity contribution in [3.05, 3.63) is 0 Å². The van der Waals surface area contributed by atoms with Gasteiger partial charge in [0.15, 0.2) is 0 Å². The van der Waals surface area contributed by atoms with Crippen molar-refractivity contribution < 1.29 is 14.9 Å². The van der Waals surface area contributed by atoms with Gasteiger partial charge in [-0.3, -0.25) is 0 Å². The van der Waals surface area contributed by atoms with E-state index in [9.17, 15) is 0 Å². The third-order valence-corrected chi connectivity index (χ3v) is 2.57. The molecule has 4 nitrogen and oxygen atoms in total. The van der Waals surface area contributed by atoms with E-state index in [2.05, 4.69) is 12.2 Å². The van der Waals surface area contributed by atoms with Crippen molar-refractivity contribution in [3.8, 4) is 0 Å². The van der Waals surface area contributed by atoms with Crippen molar-refractivity contribution in [2.45, 2.75) is 31.4 Å². The molecule has 1 fully saturated rings. The summed E-state index contributed by atoms with van der Waals surface area (Å²) in [6, 6.07) is 0. The third-order valence-electron chi connectivity index (χ3n) is 2.57. The van der Waals surface area contributed by atoms with Crippen LogP contribution in [0, 0.1) is 0 Å². The Labute approximate surface area is 78.9 Å². The summed E-state index contributed by atoms with van der Waals surface area (Å²) in [6.45, 7) is 3.95. The molecule has 4 heteroatoms. The Kier molecular flexibility index (Phi) is 4.12. The van der Waals surface area contributed by atoms with Gasteiger partial charge in [-0.05, 0) is 19.8 Å². The number of ether oxygens (including phenoxy) is 1. The van der Waals surface area contributed by atoms with E-state index < -0.39 is 6.10 Å². The molecule has 0 saturated carbocycles. The molecule has 0 aromatic carbocycles. The maximum atomic E-state index is 9.16. The zero-order chi connectivity index (χ0) is 9.73. The fourth-order valence-electron chi connectivity index (χ4n) is 1.43. The van der Waals surface area contributed by atoms with Crippen molar-refractivity contribution >= 4 is 0 Å².